The highest BCUT2D eigenvalue weighted by Crippen LogP contribution is 2.22. The van der Waals surface area contributed by atoms with Gasteiger partial charge in [0.1, 0.15) is 11.6 Å². The summed E-state index contributed by atoms with van der Waals surface area (Å²) in [6.45, 7) is 4.94. The van der Waals surface area contributed by atoms with Gasteiger partial charge >= 0.3 is 12.0 Å². The number of carbonyl (C=O) groups is 3. The molecule has 0 bridgehead atoms. The predicted molar refractivity (Wildman–Crippen MR) is 117 cm³/mol. The SMILES string of the molecule is CNC(=O)NC(=O)C(OC(=O)/C(C#N)=C/c1cc(C)n(CCOC)c1C)c1ccccc1. The van der Waals surface area contributed by atoms with Crippen LogP contribution in [-0.2, 0) is 25.6 Å². The molecule has 0 aliphatic rings. The highest BCUT2D eigenvalue weighted by molar-refractivity contribution is 6.01. The molecule has 2 rings (SSSR count). The number of nitrogens with zero attached hydrogens (tertiary/aromatic N) is 2. The van der Waals surface area contributed by atoms with E-state index >= 15 is 0 Å². The minimum absolute atomic E-state index is 0.273. The van der Waals surface area contributed by atoms with E-state index in [1.54, 1.807) is 37.4 Å². The molecule has 32 heavy (non-hydrogen) atoms. The maximum atomic E-state index is 12.8. The third-order valence-corrected chi connectivity index (χ3v) is 4.80. The van der Waals surface area contributed by atoms with Gasteiger partial charge in [-0.15, -0.1) is 0 Å². The van der Waals surface area contributed by atoms with Gasteiger partial charge in [0.15, 0.2) is 0 Å². The number of nitrogens with one attached hydrogen (secondary N) is 2. The van der Waals surface area contributed by atoms with Crippen LogP contribution in [0.5, 0.6) is 0 Å². The highest BCUT2D eigenvalue weighted by Gasteiger charge is 2.28. The van der Waals surface area contributed by atoms with Gasteiger partial charge in [0.05, 0.1) is 6.61 Å². The largest absolute Gasteiger partial charge is 0.443 e. The van der Waals surface area contributed by atoms with Crippen LogP contribution in [0.25, 0.3) is 6.08 Å². The molecule has 0 saturated carbocycles. The summed E-state index contributed by atoms with van der Waals surface area (Å²) in [5.74, 6) is -1.81. The molecule has 1 unspecified atom stereocenters. The Balaban J connectivity index is 2.32. The number of methoxy groups -OCH3 is 1. The number of ether oxygens (including phenoxy) is 2. The van der Waals surface area contributed by atoms with E-state index in [9.17, 15) is 19.6 Å². The van der Waals surface area contributed by atoms with Crippen LogP contribution < -0.4 is 10.6 Å². The third kappa shape index (κ3) is 6.06. The van der Waals surface area contributed by atoms with Crippen LogP contribution in [0.15, 0.2) is 42.0 Å². The number of nitriles is 1. The molecule has 168 valence electrons. The summed E-state index contributed by atoms with van der Waals surface area (Å²) in [5, 5.41) is 13.9. The number of esters is 1. The molecule has 0 radical (unpaired) electrons. The molecule has 1 atom stereocenters. The summed E-state index contributed by atoms with van der Waals surface area (Å²) in [5.41, 5.74) is 2.57. The lowest BCUT2D eigenvalue weighted by Crippen LogP contribution is -2.41. The highest BCUT2D eigenvalue weighted by atomic mass is 16.5. The van der Waals surface area contributed by atoms with Crippen LogP contribution >= 0.6 is 0 Å². The van der Waals surface area contributed by atoms with Crippen molar-refractivity contribution in [3.8, 4) is 6.07 Å². The topological polar surface area (TPSA) is 122 Å². The van der Waals surface area contributed by atoms with E-state index in [-0.39, 0.29) is 5.57 Å². The predicted octanol–water partition coefficient (Wildman–Crippen LogP) is 2.40. The van der Waals surface area contributed by atoms with E-state index < -0.39 is 24.0 Å². The number of hydrogen-bond donors (Lipinski definition) is 2. The average molecular weight is 438 g/mol. The van der Waals surface area contributed by atoms with Gasteiger partial charge in [0.2, 0.25) is 6.10 Å². The van der Waals surface area contributed by atoms with Crippen LogP contribution in [0.3, 0.4) is 0 Å². The molecule has 0 saturated heterocycles. The first kappa shape index (κ1) is 24.4. The molecule has 9 heteroatoms. The number of benzene rings is 1. The molecule has 2 aromatic rings. The fourth-order valence-electron chi connectivity index (χ4n) is 3.10. The van der Waals surface area contributed by atoms with E-state index in [1.807, 2.05) is 30.6 Å². The zero-order valence-corrected chi connectivity index (χ0v) is 18.5. The average Bonchev–Trinajstić information content (AvgIpc) is 3.06. The number of amides is 3. The Morgan fingerprint density at radius 3 is 2.50 bits per heavy atom. The summed E-state index contributed by atoms with van der Waals surface area (Å²) in [6.07, 6.45) is 0.0130. The Morgan fingerprint density at radius 2 is 1.91 bits per heavy atom. The third-order valence-electron chi connectivity index (χ3n) is 4.80. The maximum absolute atomic E-state index is 12.8. The van der Waals surface area contributed by atoms with Crippen molar-refractivity contribution in [2.75, 3.05) is 20.8 Å². The Morgan fingerprint density at radius 1 is 1.22 bits per heavy atom. The van der Waals surface area contributed by atoms with Crippen LogP contribution in [0.2, 0.25) is 0 Å². The van der Waals surface area contributed by atoms with Gasteiger partial charge in [-0.3, -0.25) is 10.1 Å². The number of imide groups is 1. The van der Waals surface area contributed by atoms with E-state index in [0.29, 0.717) is 24.3 Å². The lowest BCUT2D eigenvalue weighted by atomic mass is 10.1. The van der Waals surface area contributed by atoms with E-state index in [0.717, 1.165) is 11.4 Å². The molecule has 9 nitrogen and oxygen atoms in total. The number of urea groups is 1. The maximum Gasteiger partial charge on any atom is 0.350 e. The number of aryl methyl sites for hydroxylation is 1. The summed E-state index contributed by atoms with van der Waals surface area (Å²) in [4.78, 5) is 36.9. The summed E-state index contributed by atoms with van der Waals surface area (Å²) < 4.78 is 12.5. The van der Waals surface area contributed by atoms with E-state index in [2.05, 4.69) is 10.6 Å². The summed E-state index contributed by atoms with van der Waals surface area (Å²) in [6, 6.07) is 11.2. The standard InChI is InChI=1S/C23H26N4O5/c1-15-12-18(16(2)27(15)10-11-31-4)13-19(14-24)22(29)32-20(17-8-6-5-7-9-17)21(28)26-23(30)25-3/h5-9,12-13,20H,10-11H2,1-4H3,(H2,25,26,28,30)/b19-13+. The van der Waals surface area contributed by atoms with Crippen molar-refractivity contribution in [2.24, 2.45) is 0 Å². The van der Waals surface area contributed by atoms with Crippen molar-refractivity contribution >= 4 is 24.0 Å². The zero-order chi connectivity index (χ0) is 23.7. The molecule has 0 aliphatic carbocycles. The molecule has 2 N–H and O–H groups in total. The van der Waals surface area contributed by atoms with Crippen LogP contribution in [-0.4, -0.2) is 43.2 Å². The quantitative estimate of drug-likeness (QED) is 0.371. The Labute approximate surface area is 186 Å². The smallest absolute Gasteiger partial charge is 0.350 e. The van der Waals surface area contributed by atoms with Gasteiger partial charge < -0.3 is 19.4 Å². The van der Waals surface area contributed by atoms with E-state index in [1.165, 1.54) is 13.1 Å². The van der Waals surface area contributed by atoms with Gasteiger partial charge in [-0.2, -0.15) is 5.26 Å². The Kier molecular flexibility index (Phi) is 8.74. The molecular weight excluding hydrogens is 412 g/mol. The normalized spacial score (nSPS) is 11.9. The Bertz CT molecular complexity index is 1050. The van der Waals surface area contributed by atoms with Crippen LogP contribution in [0, 0.1) is 25.2 Å². The molecule has 0 aliphatic heterocycles. The molecular formula is C23H26N4O5. The zero-order valence-electron chi connectivity index (χ0n) is 18.5. The lowest BCUT2D eigenvalue weighted by molar-refractivity contribution is -0.152. The number of carbonyl (C=O) groups excluding carboxylic acids is 3. The second-order valence-electron chi connectivity index (χ2n) is 6.91. The minimum Gasteiger partial charge on any atom is -0.443 e. The summed E-state index contributed by atoms with van der Waals surface area (Å²) in [7, 11) is 2.97. The fourth-order valence-corrected chi connectivity index (χ4v) is 3.10. The second kappa shape index (κ2) is 11.5. The van der Waals surface area contributed by atoms with Crippen molar-refractivity contribution in [2.45, 2.75) is 26.5 Å². The number of rotatable bonds is 8. The summed E-state index contributed by atoms with van der Waals surface area (Å²) >= 11 is 0. The minimum atomic E-state index is -1.41. The van der Waals surface area contributed by atoms with Gasteiger partial charge in [0.25, 0.3) is 5.91 Å². The van der Waals surface area contributed by atoms with Crippen LogP contribution in [0.4, 0.5) is 4.79 Å². The van der Waals surface area contributed by atoms with Gasteiger partial charge in [-0.1, -0.05) is 30.3 Å². The molecule has 1 aromatic carbocycles. The van der Waals surface area contributed by atoms with Crippen LogP contribution in [0.1, 0.15) is 28.6 Å². The number of aromatic nitrogens is 1. The molecule has 0 fully saturated rings. The first-order chi connectivity index (χ1) is 15.3. The molecule has 0 spiro atoms. The first-order valence-corrected chi connectivity index (χ1v) is 9.88. The van der Waals surface area contributed by atoms with Crippen molar-refractivity contribution < 1.29 is 23.9 Å². The fraction of sp³-hybridized carbons (Fsp3) is 0.304. The first-order valence-electron chi connectivity index (χ1n) is 9.88. The van der Waals surface area contributed by atoms with Gasteiger partial charge in [-0.05, 0) is 31.6 Å². The molecule has 1 heterocycles. The van der Waals surface area contributed by atoms with Crippen molar-refractivity contribution in [1.82, 2.24) is 15.2 Å². The molecule has 1 aromatic heterocycles. The number of hydrogen-bond acceptors (Lipinski definition) is 6. The van der Waals surface area contributed by atoms with Gasteiger partial charge in [-0.25, -0.2) is 9.59 Å². The second-order valence-corrected chi connectivity index (χ2v) is 6.91. The van der Waals surface area contributed by atoms with Crippen molar-refractivity contribution in [3.05, 3.63) is 64.5 Å². The molecule has 3 amide bonds. The van der Waals surface area contributed by atoms with Crippen molar-refractivity contribution in [1.29, 1.82) is 5.26 Å². The van der Waals surface area contributed by atoms with E-state index in [4.69, 9.17) is 9.47 Å². The van der Waals surface area contributed by atoms with Gasteiger partial charge in [0, 0.05) is 37.7 Å². The van der Waals surface area contributed by atoms with Crippen molar-refractivity contribution in [3.63, 3.8) is 0 Å². The lowest BCUT2D eigenvalue weighted by Gasteiger charge is -2.17. The Hall–Kier alpha value is -3.90. The monoisotopic (exact) mass is 438 g/mol.